The van der Waals surface area contributed by atoms with Gasteiger partial charge >= 0.3 is 5.97 Å². The maximum absolute atomic E-state index is 13.4. The maximum Gasteiger partial charge on any atom is 0.306 e. The third-order valence-corrected chi connectivity index (χ3v) is 14.7. The summed E-state index contributed by atoms with van der Waals surface area (Å²) in [5.74, 6) is -1.19. The van der Waals surface area contributed by atoms with Gasteiger partial charge in [0, 0.05) is 6.42 Å². The molecule has 8 atom stereocenters. The van der Waals surface area contributed by atoms with Gasteiger partial charge in [0.05, 0.1) is 25.4 Å². The lowest BCUT2D eigenvalue weighted by Crippen LogP contribution is -2.61. The SMILES string of the molecule is CCCCC/C=C\C/C=C\C/C=C\CCCCCCCCCC(O)C(=O)NC(COC1OC(CO)C(O)C(O)C1OC(=O)CCCCCCCCCCCCCCC)C(O)/C=C/CCCCCCCCCCCCC. The highest BCUT2D eigenvalue weighted by molar-refractivity contribution is 5.80. The number of ether oxygens (including phenoxy) is 3. The van der Waals surface area contributed by atoms with Crippen molar-refractivity contribution in [2.24, 2.45) is 0 Å². The second-order valence-electron chi connectivity index (χ2n) is 21.8. The zero-order valence-corrected chi connectivity index (χ0v) is 48.4. The predicted molar refractivity (Wildman–Crippen MR) is 310 cm³/mol. The number of esters is 1. The largest absolute Gasteiger partial charge is 0.454 e. The van der Waals surface area contributed by atoms with Crippen LogP contribution in [0.3, 0.4) is 0 Å². The van der Waals surface area contributed by atoms with Gasteiger partial charge < -0.3 is 45.1 Å². The van der Waals surface area contributed by atoms with Crippen LogP contribution in [0, 0.1) is 0 Å². The van der Waals surface area contributed by atoms with Gasteiger partial charge in [-0.1, -0.05) is 262 Å². The third kappa shape index (κ3) is 40.5. The highest BCUT2D eigenvalue weighted by Crippen LogP contribution is 2.26. The summed E-state index contributed by atoms with van der Waals surface area (Å²) in [5.41, 5.74) is 0. The van der Waals surface area contributed by atoms with E-state index in [1.165, 1.54) is 154 Å². The molecule has 1 rings (SSSR count). The Morgan fingerprint density at radius 2 is 0.920 bits per heavy atom. The van der Waals surface area contributed by atoms with Gasteiger partial charge in [0.1, 0.15) is 24.4 Å². The van der Waals surface area contributed by atoms with Gasteiger partial charge in [0.15, 0.2) is 12.4 Å². The summed E-state index contributed by atoms with van der Waals surface area (Å²) in [7, 11) is 0. The molecule has 0 aromatic carbocycles. The van der Waals surface area contributed by atoms with Gasteiger partial charge in [-0.05, 0) is 64.2 Å². The fourth-order valence-electron chi connectivity index (χ4n) is 9.72. The molecule has 8 unspecified atom stereocenters. The molecular weight excluding hydrogens is 943 g/mol. The summed E-state index contributed by atoms with van der Waals surface area (Å²) in [5, 5.41) is 57.0. The average Bonchev–Trinajstić information content (AvgIpc) is 3.41. The average molecular weight is 1060 g/mol. The molecule has 1 fully saturated rings. The number of aliphatic hydroxyl groups excluding tert-OH is 5. The van der Waals surface area contributed by atoms with Crippen LogP contribution in [0.15, 0.2) is 48.6 Å². The highest BCUT2D eigenvalue weighted by atomic mass is 16.7. The van der Waals surface area contributed by atoms with E-state index in [4.69, 9.17) is 14.2 Å². The molecule has 1 aliphatic rings. The number of aliphatic hydroxyl groups is 5. The standard InChI is InChI=1S/C64H117NO10/c1-4-7-10-13-16-19-22-25-26-27-28-29-30-31-34-36-39-42-45-48-51-57(68)63(72)65-55(56(67)50-47-44-41-38-35-32-23-20-17-14-11-8-5-2)54-73-64-62(61(71)60(70)58(53-66)74-64)75-59(69)52-49-46-43-40-37-33-24-21-18-15-12-9-6-3/h16,19,25-26,28-29,47,50,55-58,60-62,64,66-68,70-71H,4-15,17-18,20-24,27,30-46,48-49,51-54H2,1-3H3,(H,65,72)/b19-16-,26-25-,29-28-,50-47+. The molecule has 1 amide bonds. The van der Waals surface area contributed by atoms with Crippen molar-refractivity contribution >= 4 is 11.9 Å². The minimum absolute atomic E-state index is 0.126. The number of carbonyl (C=O) groups is 2. The van der Waals surface area contributed by atoms with Crippen molar-refractivity contribution in [2.45, 2.75) is 333 Å². The predicted octanol–water partition coefficient (Wildman–Crippen LogP) is 14.8. The number of amides is 1. The third-order valence-electron chi connectivity index (χ3n) is 14.7. The Balaban J connectivity index is 2.68. The molecule has 438 valence electrons. The molecule has 0 aromatic rings. The number of hydrogen-bond donors (Lipinski definition) is 6. The molecule has 0 bridgehead atoms. The van der Waals surface area contributed by atoms with Crippen molar-refractivity contribution in [3.05, 3.63) is 48.6 Å². The van der Waals surface area contributed by atoms with E-state index in [9.17, 15) is 35.1 Å². The van der Waals surface area contributed by atoms with Crippen LogP contribution in [0.4, 0.5) is 0 Å². The Labute approximate surface area is 459 Å². The molecule has 0 radical (unpaired) electrons. The molecule has 11 heteroatoms. The van der Waals surface area contributed by atoms with Gasteiger partial charge in [-0.2, -0.15) is 0 Å². The number of rotatable bonds is 53. The normalized spacial score (nSPS) is 19.5. The van der Waals surface area contributed by atoms with Crippen molar-refractivity contribution in [3.8, 4) is 0 Å². The number of carbonyl (C=O) groups excluding carboxylic acids is 2. The first-order chi connectivity index (χ1) is 36.7. The minimum atomic E-state index is -1.61. The van der Waals surface area contributed by atoms with E-state index < -0.39 is 67.4 Å². The van der Waals surface area contributed by atoms with E-state index in [1.807, 2.05) is 6.08 Å². The second-order valence-corrected chi connectivity index (χ2v) is 21.8. The van der Waals surface area contributed by atoms with Crippen molar-refractivity contribution in [3.63, 3.8) is 0 Å². The van der Waals surface area contributed by atoms with Gasteiger partial charge in [-0.3, -0.25) is 9.59 Å². The van der Waals surface area contributed by atoms with Gasteiger partial charge in [-0.15, -0.1) is 0 Å². The summed E-state index contributed by atoms with van der Waals surface area (Å²) in [4.78, 5) is 26.5. The summed E-state index contributed by atoms with van der Waals surface area (Å²) in [6, 6.07) is -1.03. The summed E-state index contributed by atoms with van der Waals surface area (Å²) in [6.45, 7) is 5.77. The van der Waals surface area contributed by atoms with Crippen LogP contribution in [0.25, 0.3) is 0 Å². The first-order valence-corrected chi connectivity index (χ1v) is 31.4. The number of hydrogen-bond acceptors (Lipinski definition) is 10. The zero-order valence-electron chi connectivity index (χ0n) is 48.4. The Morgan fingerprint density at radius 3 is 1.40 bits per heavy atom. The van der Waals surface area contributed by atoms with Crippen LogP contribution in [-0.4, -0.2) is 99.6 Å². The quantitative estimate of drug-likeness (QED) is 0.0195. The molecule has 11 nitrogen and oxygen atoms in total. The van der Waals surface area contributed by atoms with E-state index >= 15 is 0 Å². The van der Waals surface area contributed by atoms with Gasteiger partial charge in [0.2, 0.25) is 5.91 Å². The lowest BCUT2D eigenvalue weighted by Gasteiger charge is -2.41. The molecule has 1 saturated heterocycles. The van der Waals surface area contributed by atoms with Crippen LogP contribution < -0.4 is 5.32 Å². The molecule has 0 aliphatic carbocycles. The molecule has 0 saturated carbocycles. The molecule has 0 spiro atoms. The topological polar surface area (TPSA) is 175 Å². The molecule has 1 heterocycles. The zero-order chi connectivity index (χ0) is 54.7. The number of allylic oxidation sites excluding steroid dienone is 7. The second kappa shape index (κ2) is 52.3. The fourth-order valence-corrected chi connectivity index (χ4v) is 9.72. The Morgan fingerprint density at radius 1 is 0.520 bits per heavy atom. The molecule has 1 aliphatic heterocycles. The van der Waals surface area contributed by atoms with E-state index in [2.05, 4.69) is 62.5 Å². The van der Waals surface area contributed by atoms with Crippen molar-refractivity contribution in [2.75, 3.05) is 13.2 Å². The molecule has 6 N–H and O–H groups in total. The summed E-state index contributed by atoms with van der Waals surface area (Å²) in [6.07, 6.45) is 52.8. The molecule has 0 aromatic heterocycles. The smallest absolute Gasteiger partial charge is 0.306 e. The first-order valence-electron chi connectivity index (χ1n) is 31.4. The Hall–Kier alpha value is -2.38. The van der Waals surface area contributed by atoms with E-state index in [1.54, 1.807) is 6.08 Å². The van der Waals surface area contributed by atoms with Crippen LogP contribution >= 0.6 is 0 Å². The maximum atomic E-state index is 13.4. The number of nitrogens with one attached hydrogen (secondary N) is 1. The van der Waals surface area contributed by atoms with E-state index in [0.717, 1.165) is 83.5 Å². The van der Waals surface area contributed by atoms with E-state index in [-0.39, 0.29) is 19.4 Å². The van der Waals surface area contributed by atoms with Crippen molar-refractivity contribution in [1.29, 1.82) is 0 Å². The van der Waals surface area contributed by atoms with Crippen LogP contribution in [0.5, 0.6) is 0 Å². The molecule has 75 heavy (non-hydrogen) atoms. The Bertz CT molecular complexity index is 1400. The van der Waals surface area contributed by atoms with Gasteiger partial charge in [0.25, 0.3) is 0 Å². The van der Waals surface area contributed by atoms with Crippen molar-refractivity contribution < 1.29 is 49.3 Å². The lowest BCUT2D eigenvalue weighted by atomic mass is 9.99. The fraction of sp³-hybridized carbons (Fsp3) is 0.844. The monoisotopic (exact) mass is 1060 g/mol. The summed E-state index contributed by atoms with van der Waals surface area (Å²) < 4.78 is 17.6. The first kappa shape index (κ1) is 70.6. The highest BCUT2D eigenvalue weighted by Gasteiger charge is 2.47. The Kier molecular flexibility index (Phi) is 49.3. The van der Waals surface area contributed by atoms with Crippen molar-refractivity contribution in [1.82, 2.24) is 5.32 Å². The summed E-state index contributed by atoms with van der Waals surface area (Å²) >= 11 is 0. The molecular formula is C64H117NO10. The number of unbranched alkanes of at least 4 members (excludes halogenated alkanes) is 33. The van der Waals surface area contributed by atoms with Gasteiger partial charge in [-0.25, -0.2) is 0 Å². The van der Waals surface area contributed by atoms with E-state index in [0.29, 0.717) is 12.8 Å². The minimum Gasteiger partial charge on any atom is -0.454 e. The lowest BCUT2D eigenvalue weighted by molar-refractivity contribution is -0.305. The van der Waals surface area contributed by atoms with Crippen LogP contribution in [-0.2, 0) is 23.8 Å². The van der Waals surface area contributed by atoms with Crippen LogP contribution in [0.1, 0.15) is 284 Å². The van der Waals surface area contributed by atoms with Crippen LogP contribution in [0.2, 0.25) is 0 Å².